The van der Waals surface area contributed by atoms with Gasteiger partial charge in [0.15, 0.2) is 25.2 Å². The molecule has 23 nitrogen and oxygen atoms in total. The van der Waals surface area contributed by atoms with Gasteiger partial charge in [-0.05, 0) is 86.4 Å². The van der Waals surface area contributed by atoms with Crippen LogP contribution >= 0.6 is 0 Å². The van der Waals surface area contributed by atoms with Gasteiger partial charge in [0, 0.05) is 22.2 Å². The van der Waals surface area contributed by atoms with Crippen molar-refractivity contribution < 1.29 is 114 Å². The number of aliphatic hydroxyl groups is 14. The van der Waals surface area contributed by atoms with Crippen LogP contribution in [0.3, 0.4) is 0 Å². The van der Waals surface area contributed by atoms with Gasteiger partial charge in [-0.15, -0.1) is 0 Å². The molecule has 0 aromatic carbocycles. The molecule has 9 fully saturated rings. The molecule has 5 saturated heterocycles. The minimum Gasteiger partial charge on any atom is -0.396 e. The van der Waals surface area contributed by atoms with Crippen molar-refractivity contribution in [1.29, 1.82) is 0 Å². The monoisotopic (exact) mass is 1100 g/mol. The van der Waals surface area contributed by atoms with Crippen LogP contribution in [-0.2, 0) is 42.6 Å². The normalized spacial score (nSPS) is 58.1. The summed E-state index contributed by atoms with van der Waals surface area (Å²) in [5.41, 5.74) is -3.70. The minimum atomic E-state index is -1.92. The van der Waals surface area contributed by atoms with E-state index in [0.29, 0.717) is 38.7 Å². The van der Waals surface area contributed by atoms with E-state index in [-0.39, 0.29) is 29.8 Å². The molecule has 0 amide bonds. The third kappa shape index (κ3) is 8.84. The highest BCUT2D eigenvalue weighted by Gasteiger charge is 2.80. The molecule has 5 aliphatic heterocycles. The van der Waals surface area contributed by atoms with Crippen LogP contribution in [0.25, 0.3) is 0 Å². The Morgan fingerprint density at radius 2 is 1.03 bits per heavy atom. The van der Waals surface area contributed by atoms with Crippen LogP contribution in [-0.4, -0.2) is 245 Å². The van der Waals surface area contributed by atoms with Crippen molar-refractivity contribution >= 4 is 0 Å². The average molecular weight is 1110 g/mol. The third-order valence-corrected chi connectivity index (χ3v) is 22.2. The predicted molar refractivity (Wildman–Crippen MR) is 262 cm³/mol. The van der Waals surface area contributed by atoms with Gasteiger partial charge in [0.05, 0.1) is 56.9 Å². The van der Waals surface area contributed by atoms with E-state index in [0.717, 1.165) is 19.3 Å². The number of aliphatic hydroxyl groups excluding tert-OH is 14. The summed E-state index contributed by atoms with van der Waals surface area (Å²) in [4.78, 5) is 0. The maximum Gasteiger partial charge on any atom is 0.187 e. The molecule has 23 heteroatoms. The van der Waals surface area contributed by atoms with Crippen LogP contribution in [0.5, 0.6) is 0 Å². The Kier molecular flexibility index (Phi) is 16.0. The van der Waals surface area contributed by atoms with E-state index in [9.17, 15) is 71.5 Å². The number of ether oxygens (including phenoxy) is 9. The largest absolute Gasteiger partial charge is 0.396 e. The molecular formula is C54H88O23. The summed E-state index contributed by atoms with van der Waals surface area (Å²) in [6.07, 6.45) is -23.3. The molecule has 77 heavy (non-hydrogen) atoms. The van der Waals surface area contributed by atoms with Gasteiger partial charge < -0.3 is 114 Å². The van der Waals surface area contributed by atoms with Crippen molar-refractivity contribution in [2.75, 3.05) is 33.0 Å². The molecule has 0 radical (unpaired) electrons. The van der Waals surface area contributed by atoms with Crippen molar-refractivity contribution in [3.63, 3.8) is 0 Å². The summed E-state index contributed by atoms with van der Waals surface area (Å²) in [6, 6.07) is 0. The maximum atomic E-state index is 11.8. The number of hydrogen-bond donors (Lipinski definition) is 14. The van der Waals surface area contributed by atoms with E-state index in [1.54, 1.807) is 0 Å². The fourth-order valence-corrected chi connectivity index (χ4v) is 17.3. The lowest BCUT2D eigenvalue weighted by Crippen LogP contribution is -2.73. The number of fused-ring (bicyclic) bond motifs is 4. The fraction of sp³-hybridized carbons (Fsp3) is 0.963. The zero-order valence-electron chi connectivity index (χ0n) is 45.2. The molecule has 1 spiro atoms. The molecule has 14 N–H and O–H groups in total. The highest BCUT2D eigenvalue weighted by Crippen LogP contribution is 2.79. The molecule has 0 aromatic rings. The number of allylic oxidation sites excluding steroid dienone is 1. The average Bonchev–Trinajstić information content (AvgIpc) is 3.75. The zero-order valence-corrected chi connectivity index (χ0v) is 45.2. The molecule has 0 aromatic heterocycles. The molecule has 10 rings (SSSR count). The van der Waals surface area contributed by atoms with Gasteiger partial charge in [-0.25, -0.2) is 0 Å². The Labute approximate surface area is 448 Å². The lowest BCUT2D eigenvalue weighted by Gasteiger charge is -2.73. The van der Waals surface area contributed by atoms with Gasteiger partial charge in [-0.3, -0.25) is 0 Å². The summed E-state index contributed by atoms with van der Waals surface area (Å²) in [7, 11) is 0. The van der Waals surface area contributed by atoms with E-state index < -0.39 is 188 Å². The van der Waals surface area contributed by atoms with Gasteiger partial charge >= 0.3 is 0 Å². The summed E-state index contributed by atoms with van der Waals surface area (Å²) in [5.74, 6) is -0.280. The lowest BCUT2D eigenvalue weighted by atomic mass is 9.32. The van der Waals surface area contributed by atoms with E-state index in [2.05, 4.69) is 46.8 Å². The van der Waals surface area contributed by atoms with Crippen LogP contribution in [0.15, 0.2) is 12.2 Å². The van der Waals surface area contributed by atoms with Crippen LogP contribution in [0, 0.1) is 50.2 Å². The minimum absolute atomic E-state index is 0.00171. The van der Waals surface area contributed by atoms with E-state index in [1.807, 2.05) is 6.92 Å². The van der Waals surface area contributed by atoms with Gasteiger partial charge in [0.1, 0.15) is 91.6 Å². The Morgan fingerprint density at radius 3 is 1.56 bits per heavy atom. The van der Waals surface area contributed by atoms with Crippen molar-refractivity contribution in [3.05, 3.63) is 12.2 Å². The second-order valence-electron chi connectivity index (χ2n) is 26.6. The smallest absolute Gasteiger partial charge is 0.187 e. The Morgan fingerprint density at radius 1 is 0.506 bits per heavy atom. The van der Waals surface area contributed by atoms with Crippen LogP contribution in [0.4, 0.5) is 0 Å². The first kappa shape index (κ1) is 59.0. The second kappa shape index (κ2) is 20.9. The van der Waals surface area contributed by atoms with Gasteiger partial charge in [-0.2, -0.15) is 0 Å². The molecule has 2 bridgehead atoms. The van der Waals surface area contributed by atoms with E-state index in [4.69, 9.17) is 42.6 Å². The highest BCUT2D eigenvalue weighted by atomic mass is 16.8. The first-order chi connectivity index (χ1) is 36.2. The molecule has 5 heterocycles. The summed E-state index contributed by atoms with van der Waals surface area (Å²) >= 11 is 0. The predicted octanol–water partition coefficient (Wildman–Crippen LogP) is -2.57. The Hall–Kier alpha value is -1.18. The molecule has 442 valence electrons. The van der Waals surface area contributed by atoms with Gasteiger partial charge in [0.25, 0.3) is 0 Å². The van der Waals surface area contributed by atoms with Crippen LogP contribution in [0.2, 0.25) is 0 Å². The molecule has 0 unspecified atom stereocenters. The quantitative estimate of drug-likeness (QED) is 0.0705. The van der Waals surface area contributed by atoms with Crippen molar-refractivity contribution in [2.24, 2.45) is 50.2 Å². The van der Waals surface area contributed by atoms with Crippen LogP contribution in [0.1, 0.15) is 99.8 Å². The van der Waals surface area contributed by atoms with Crippen LogP contribution < -0.4 is 0 Å². The van der Waals surface area contributed by atoms with E-state index in [1.165, 1.54) is 6.92 Å². The molecule has 4 saturated carbocycles. The zero-order chi connectivity index (χ0) is 55.9. The number of hydrogen-bond acceptors (Lipinski definition) is 23. The van der Waals surface area contributed by atoms with Crippen molar-refractivity contribution in [1.82, 2.24) is 0 Å². The molecule has 31 atom stereocenters. The molecule has 10 aliphatic rings. The second-order valence-corrected chi connectivity index (χ2v) is 26.6. The third-order valence-electron chi connectivity index (χ3n) is 22.2. The first-order valence-electron chi connectivity index (χ1n) is 28.0. The fourth-order valence-electron chi connectivity index (χ4n) is 17.3. The Balaban J connectivity index is 0.967. The molecule has 5 aliphatic carbocycles. The topological polar surface area (TPSA) is 366 Å². The number of rotatable bonds is 12. The van der Waals surface area contributed by atoms with Gasteiger partial charge in [-0.1, -0.05) is 53.7 Å². The lowest BCUT2D eigenvalue weighted by molar-refractivity contribution is -0.398. The van der Waals surface area contributed by atoms with Crippen molar-refractivity contribution in [2.45, 2.75) is 240 Å². The summed E-state index contributed by atoms with van der Waals surface area (Å²) in [5, 5.41) is 152. The van der Waals surface area contributed by atoms with E-state index >= 15 is 0 Å². The van der Waals surface area contributed by atoms with Crippen molar-refractivity contribution in [3.8, 4) is 0 Å². The standard InChI is InChI=1S/C54H88O23/c1-23-32(59)42(76-45-40(67)37(64)34(61)25(19-56)72-45)43(77-46-41(68)38(65)35(62)26(20-57)73-46)47(70-23)74-30-10-11-49(4)27(50(30,5)21-58)8-12-51(6)28(49)9-13-54-29-16-48(2,3)14-15-53(29,22-69-54)31(17-52(51,54)7)75-44-39(66)36(63)33(60)24(18-55)71-44/h9,13,23-47,55-68H,8,10-12,14-22H2,1-7H3/t23-,24-,25-,26-,27-,28-,29-,30+,31+,32+,33-,34-,35-,36+,37+,38+,39-,40-,41-,42+,43-,44+,45+,46+,47+,49+,50+,51-,52+,53-,54+/m1/s1. The Bertz CT molecular complexity index is 2120. The first-order valence-corrected chi connectivity index (χ1v) is 28.0. The summed E-state index contributed by atoms with van der Waals surface area (Å²) < 4.78 is 57.7. The maximum absolute atomic E-state index is 11.8. The SMILES string of the molecule is C[C@H]1O[C@@H](O[C@H]2CC[C@@]3(C)[C@@H](CC[C@]4(C)[C@@H]3C=C[C@]35OC[C@@]6(CCC(C)(C)C[C@H]63)[C@@H](O[C@@H]3O[C@H](CO)[C@@H](O)[C@H](O)[C@H]3O)C[C@]54C)[C@]2(C)CO)[C@H](O[C@@H]2O[C@H](CO)[C@@H](O)[C@H](O)[C@H]2O)[C@@H](O[C@@H]2O[C@H](CO)[C@@H](O)[C@H](O)[C@H]2O)[C@H]1O. The summed E-state index contributed by atoms with van der Waals surface area (Å²) in [6.45, 7) is 12.9. The van der Waals surface area contributed by atoms with Gasteiger partial charge in [0.2, 0.25) is 0 Å². The highest BCUT2D eigenvalue weighted by molar-refractivity contribution is 5.36. The molecular weight excluding hydrogens is 1020 g/mol.